The van der Waals surface area contributed by atoms with Gasteiger partial charge in [-0.15, -0.1) is 12.4 Å². The van der Waals surface area contributed by atoms with Crippen molar-refractivity contribution in [1.29, 1.82) is 0 Å². The van der Waals surface area contributed by atoms with E-state index in [2.05, 4.69) is 48.6 Å². The third kappa shape index (κ3) is 1.23. The van der Waals surface area contributed by atoms with Crippen LogP contribution in [0.4, 0.5) is 0 Å². The van der Waals surface area contributed by atoms with Crippen LogP contribution in [0.1, 0.15) is 11.1 Å². The van der Waals surface area contributed by atoms with Crippen molar-refractivity contribution >= 4 is 29.3 Å². The predicted octanol–water partition coefficient (Wildman–Crippen LogP) is 3.83. The van der Waals surface area contributed by atoms with E-state index in [1.807, 2.05) is 0 Å². The van der Waals surface area contributed by atoms with Crippen LogP contribution < -0.4 is 0 Å². The van der Waals surface area contributed by atoms with Crippen molar-refractivity contribution in [2.24, 2.45) is 0 Å². The van der Waals surface area contributed by atoms with E-state index in [1.54, 1.807) is 0 Å². The normalized spacial score (nSPS) is 12.6. The molecule has 0 fully saturated rings. The third-order valence-electron chi connectivity index (χ3n) is 2.66. The molecule has 0 spiro atoms. The SMILES string of the molecule is C1=Cc2cccc3cccc(c23)C1.Cl. The first kappa shape index (κ1) is 9.29. The lowest BCUT2D eigenvalue weighted by atomic mass is 9.93. The van der Waals surface area contributed by atoms with Crippen LogP contribution in [0, 0.1) is 0 Å². The molecule has 0 aliphatic heterocycles. The molecule has 1 heteroatoms. The molecule has 0 saturated heterocycles. The van der Waals surface area contributed by atoms with E-state index in [1.165, 1.54) is 21.9 Å². The van der Waals surface area contributed by atoms with E-state index in [-0.39, 0.29) is 12.4 Å². The highest BCUT2D eigenvalue weighted by Crippen LogP contribution is 2.27. The van der Waals surface area contributed by atoms with Gasteiger partial charge in [0, 0.05) is 0 Å². The molecule has 3 rings (SSSR count). The summed E-state index contributed by atoms with van der Waals surface area (Å²) in [5.74, 6) is 0. The van der Waals surface area contributed by atoms with E-state index in [4.69, 9.17) is 0 Å². The Balaban J connectivity index is 0.000000750. The van der Waals surface area contributed by atoms with Gasteiger partial charge in [0.25, 0.3) is 0 Å². The van der Waals surface area contributed by atoms with Gasteiger partial charge in [-0.2, -0.15) is 0 Å². The van der Waals surface area contributed by atoms with Gasteiger partial charge >= 0.3 is 0 Å². The smallest absolute Gasteiger partial charge is 0.00763 e. The minimum atomic E-state index is 0. The highest BCUT2D eigenvalue weighted by molar-refractivity contribution is 5.94. The van der Waals surface area contributed by atoms with Crippen LogP contribution in [0.5, 0.6) is 0 Å². The summed E-state index contributed by atoms with van der Waals surface area (Å²) in [6.07, 6.45) is 5.53. The summed E-state index contributed by atoms with van der Waals surface area (Å²) in [6.45, 7) is 0. The van der Waals surface area contributed by atoms with Crippen molar-refractivity contribution in [1.82, 2.24) is 0 Å². The van der Waals surface area contributed by atoms with E-state index >= 15 is 0 Å². The largest absolute Gasteiger partial charge is 0.147 e. The standard InChI is InChI=1S/C13H10.ClH/c1-4-10-6-2-8-12-9-3-7-11(5-1)13(10)12;/h1-8H,9H2;1H. The molecule has 70 valence electrons. The average Bonchev–Trinajstić information content (AvgIpc) is 2.19. The molecule has 0 nitrogen and oxygen atoms in total. The predicted molar refractivity (Wildman–Crippen MR) is 63.9 cm³/mol. The van der Waals surface area contributed by atoms with Crippen LogP contribution in [-0.4, -0.2) is 0 Å². The number of halogens is 1. The minimum absolute atomic E-state index is 0. The number of rotatable bonds is 0. The highest BCUT2D eigenvalue weighted by atomic mass is 35.5. The summed E-state index contributed by atoms with van der Waals surface area (Å²) in [5, 5.41) is 2.80. The topological polar surface area (TPSA) is 0 Å². The monoisotopic (exact) mass is 202 g/mol. The second kappa shape index (κ2) is 3.47. The van der Waals surface area contributed by atoms with Crippen LogP contribution >= 0.6 is 12.4 Å². The van der Waals surface area contributed by atoms with Gasteiger partial charge in [-0.1, -0.05) is 48.6 Å². The summed E-state index contributed by atoms with van der Waals surface area (Å²) in [5.41, 5.74) is 2.81. The second-order valence-corrected chi connectivity index (χ2v) is 3.47. The zero-order chi connectivity index (χ0) is 8.67. The van der Waals surface area contributed by atoms with Crippen molar-refractivity contribution < 1.29 is 0 Å². The molecule has 0 bridgehead atoms. The molecule has 0 radical (unpaired) electrons. The number of hydrogen-bond acceptors (Lipinski definition) is 0. The lowest BCUT2D eigenvalue weighted by Gasteiger charge is -2.11. The summed E-state index contributed by atoms with van der Waals surface area (Å²) in [6, 6.07) is 13.0. The van der Waals surface area contributed by atoms with Crippen LogP contribution in [0.3, 0.4) is 0 Å². The Bertz CT molecular complexity index is 492. The van der Waals surface area contributed by atoms with Crippen molar-refractivity contribution in [3.05, 3.63) is 53.6 Å². The molecule has 0 heterocycles. The molecule has 0 aromatic heterocycles. The number of benzene rings is 2. The van der Waals surface area contributed by atoms with Crippen molar-refractivity contribution in [2.75, 3.05) is 0 Å². The van der Waals surface area contributed by atoms with E-state index in [9.17, 15) is 0 Å². The third-order valence-corrected chi connectivity index (χ3v) is 2.66. The molecule has 1 aliphatic carbocycles. The molecule has 0 unspecified atom stereocenters. The van der Waals surface area contributed by atoms with Crippen LogP contribution in [0.25, 0.3) is 16.8 Å². The van der Waals surface area contributed by atoms with Gasteiger partial charge in [0.05, 0.1) is 0 Å². The first-order chi connectivity index (χ1) is 6.45. The summed E-state index contributed by atoms with van der Waals surface area (Å²) in [4.78, 5) is 0. The van der Waals surface area contributed by atoms with Gasteiger partial charge in [-0.05, 0) is 28.3 Å². The first-order valence-electron chi connectivity index (χ1n) is 4.62. The van der Waals surface area contributed by atoms with E-state index in [0.717, 1.165) is 6.42 Å². The molecule has 0 N–H and O–H groups in total. The highest BCUT2D eigenvalue weighted by Gasteiger charge is 2.06. The zero-order valence-corrected chi connectivity index (χ0v) is 8.55. The second-order valence-electron chi connectivity index (χ2n) is 3.47. The van der Waals surface area contributed by atoms with Gasteiger partial charge in [0.1, 0.15) is 0 Å². The van der Waals surface area contributed by atoms with E-state index < -0.39 is 0 Å². The first-order valence-corrected chi connectivity index (χ1v) is 4.62. The van der Waals surface area contributed by atoms with Gasteiger partial charge in [-0.25, -0.2) is 0 Å². The lowest BCUT2D eigenvalue weighted by Crippen LogP contribution is -1.91. The van der Waals surface area contributed by atoms with Crippen molar-refractivity contribution in [3.8, 4) is 0 Å². The van der Waals surface area contributed by atoms with Gasteiger partial charge in [-0.3, -0.25) is 0 Å². The zero-order valence-electron chi connectivity index (χ0n) is 7.73. The summed E-state index contributed by atoms with van der Waals surface area (Å²) < 4.78 is 0. The molecule has 0 atom stereocenters. The average molecular weight is 203 g/mol. The van der Waals surface area contributed by atoms with Gasteiger partial charge < -0.3 is 0 Å². The Labute approximate surface area is 89.7 Å². The summed E-state index contributed by atoms with van der Waals surface area (Å²) in [7, 11) is 0. The number of hydrogen-bond donors (Lipinski definition) is 0. The fraction of sp³-hybridized carbons (Fsp3) is 0.0769. The maximum atomic E-state index is 2.23. The minimum Gasteiger partial charge on any atom is -0.147 e. The number of allylic oxidation sites excluding steroid dienone is 1. The molecule has 2 aromatic rings. The van der Waals surface area contributed by atoms with E-state index in [0.29, 0.717) is 0 Å². The van der Waals surface area contributed by atoms with Gasteiger partial charge in [0.2, 0.25) is 0 Å². The Hall–Kier alpha value is -1.27. The fourth-order valence-electron chi connectivity index (χ4n) is 2.07. The van der Waals surface area contributed by atoms with Crippen LogP contribution in [0.15, 0.2) is 42.5 Å². The molecule has 14 heavy (non-hydrogen) atoms. The Morgan fingerprint density at radius 1 is 0.929 bits per heavy atom. The summed E-state index contributed by atoms with van der Waals surface area (Å²) >= 11 is 0. The molecule has 0 amide bonds. The van der Waals surface area contributed by atoms with Crippen molar-refractivity contribution in [2.45, 2.75) is 6.42 Å². The maximum Gasteiger partial charge on any atom is -0.00763 e. The lowest BCUT2D eigenvalue weighted by molar-refractivity contribution is 1.29. The van der Waals surface area contributed by atoms with Crippen LogP contribution in [-0.2, 0) is 6.42 Å². The maximum absolute atomic E-state index is 2.23. The van der Waals surface area contributed by atoms with Crippen LogP contribution in [0.2, 0.25) is 0 Å². The molecule has 1 aliphatic rings. The molecule has 2 aromatic carbocycles. The molecular formula is C13H11Cl. The van der Waals surface area contributed by atoms with Crippen molar-refractivity contribution in [3.63, 3.8) is 0 Å². The Morgan fingerprint density at radius 2 is 1.71 bits per heavy atom. The van der Waals surface area contributed by atoms with Gasteiger partial charge in [0.15, 0.2) is 0 Å². The Morgan fingerprint density at radius 3 is 2.57 bits per heavy atom. The molecule has 0 saturated carbocycles. The Kier molecular flexibility index (Phi) is 2.30. The fourth-order valence-corrected chi connectivity index (χ4v) is 2.07. The molecular weight excluding hydrogens is 192 g/mol. The quantitative estimate of drug-likeness (QED) is 0.609.